The van der Waals surface area contributed by atoms with E-state index in [1.54, 1.807) is 0 Å². The fraction of sp³-hybridized carbons (Fsp3) is 0.731. The van der Waals surface area contributed by atoms with E-state index in [1.807, 2.05) is 19.1 Å². The number of rotatable bonds is 17. The molecule has 0 heterocycles. The number of unbranched alkanes of at least 4 members (excludes halogenated alkanes) is 10. The lowest BCUT2D eigenvalue weighted by Crippen LogP contribution is -2.08. The van der Waals surface area contributed by atoms with Crippen LogP contribution in [0.3, 0.4) is 0 Å². The molecule has 0 radical (unpaired) electrons. The number of hydrogen-bond donors (Lipinski definition) is 1. The second kappa shape index (κ2) is 16.3. The van der Waals surface area contributed by atoms with Crippen LogP contribution in [-0.2, 0) is 4.74 Å². The van der Waals surface area contributed by atoms with Crippen molar-refractivity contribution in [2.45, 2.75) is 117 Å². The summed E-state index contributed by atoms with van der Waals surface area (Å²) >= 11 is 0. The summed E-state index contributed by atoms with van der Waals surface area (Å²) in [5.41, 5.74) is 8.92. The predicted octanol–water partition coefficient (Wildman–Crippen LogP) is 8.03. The molecule has 0 saturated carbocycles. The Morgan fingerprint density at radius 3 is 1.83 bits per heavy atom. The number of esters is 1. The second-order valence-electron chi connectivity index (χ2n) is 8.37. The zero-order valence-corrected chi connectivity index (χ0v) is 19.3. The zero-order valence-electron chi connectivity index (χ0n) is 19.3. The lowest BCUT2D eigenvalue weighted by Gasteiger charge is -2.20. The Kier molecular flexibility index (Phi) is 14.4. The van der Waals surface area contributed by atoms with Gasteiger partial charge in [-0.2, -0.15) is 0 Å². The van der Waals surface area contributed by atoms with Crippen LogP contribution < -0.4 is 5.73 Å². The van der Waals surface area contributed by atoms with E-state index in [9.17, 15) is 4.79 Å². The maximum atomic E-state index is 12.0. The molecule has 0 atom stereocenters. The van der Waals surface area contributed by atoms with Crippen molar-refractivity contribution in [3.05, 3.63) is 29.3 Å². The maximum Gasteiger partial charge on any atom is 0.338 e. The van der Waals surface area contributed by atoms with E-state index in [0.29, 0.717) is 18.1 Å². The van der Waals surface area contributed by atoms with Crippen LogP contribution in [0.5, 0.6) is 0 Å². The van der Waals surface area contributed by atoms with Gasteiger partial charge in [-0.3, -0.25) is 0 Å². The van der Waals surface area contributed by atoms with Gasteiger partial charge in [0.15, 0.2) is 0 Å². The van der Waals surface area contributed by atoms with Crippen molar-refractivity contribution in [2.75, 3.05) is 12.3 Å². The molecule has 0 amide bonds. The Hall–Kier alpha value is -1.51. The summed E-state index contributed by atoms with van der Waals surface area (Å²) in [4.78, 5) is 12.0. The van der Waals surface area contributed by atoms with Gasteiger partial charge in [0, 0.05) is 5.69 Å². The third-order valence-electron chi connectivity index (χ3n) is 5.85. The minimum atomic E-state index is -0.283. The highest BCUT2D eigenvalue weighted by Crippen LogP contribution is 2.33. The molecule has 0 aliphatic rings. The first-order valence-corrected chi connectivity index (χ1v) is 12.2. The summed E-state index contributed by atoms with van der Waals surface area (Å²) in [6, 6.07) is 5.77. The average molecular weight is 404 g/mol. The number of hydrogen-bond acceptors (Lipinski definition) is 3. The molecule has 0 spiro atoms. The molecule has 3 heteroatoms. The van der Waals surface area contributed by atoms with E-state index in [4.69, 9.17) is 10.5 Å². The number of ether oxygens (including phenoxy) is 1. The smallest absolute Gasteiger partial charge is 0.338 e. The van der Waals surface area contributed by atoms with Crippen LogP contribution in [0, 0.1) is 0 Å². The monoisotopic (exact) mass is 403 g/mol. The van der Waals surface area contributed by atoms with Crippen molar-refractivity contribution in [3.8, 4) is 0 Å². The molecule has 1 aromatic carbocycles. The van der Waals surface area contributed by atoms with E-state index in [-0.39, 0.29) is 5.97 Å². The maximum absolute atomic E-state index is 12.0. The van der Waals surface area contributed by atoms with Crippen LogP contribution in [0.1, 0.15) is 133 Å². The van der Waals surface area contributed by atoms with Gasteiger partial charge in [0.2, 0.25) is 0 Å². The summed E-state index contributed by atoms with van der Waals surface area (Å²) in [6.45, 7) is 6.74. The number of nitrogen functional groups attached to an aromatic ring is 1. The quantitative estimate of drug-likeness (QED) is 0.163. The predicted molar refractivity (Wildman–Crippen MR) is 126 cm³/mol. The van der Waals surface area contributed by atoms with Crippen LogP contribution >= 0.6 is 0 Å². The van der Waals surface area contributed by atoms with Gasteiger partial charge >= 0.3 is 5.97 Å². The molecule has 0 fully saturated rings. The van der Waals surface area contributed by atoms with Crippen molar-refractivity contribution >= 4 is 11.7 Å². The Balaban J connectivity index is 2.66. The summed E-state index contributed by atoms with van der Waals surface area (Å²) in [5, 5.41) is 0. The molecule has 166 valence electrons. The number of carbonyl (C=O) groups is 1. The molecule has 0 unspecified atom stereocenters. The Bertz CT molecular complexity index is 540. The average Bonchev–Trinajstić information content (AvgIpc) is 2.72. The van der Waals surface area contributed by atoms with Gasteiger partial charge in [0.1, 0.15) is 0 Å². The van der Waals surface area contributed by atoms with Crippen LogP contribution in [0.15, 0.2) is 18.2 Å². The molecule has 1 rings (SSSR count). The first-order chi connectivity index (χ1) is 14.1. The molecule has 0 aliphatic heterocycles. The Labute approximate surface area is 179 Å². The van der Waals surface area contributed by atoms with Gasteiger partial charge in [0.05, 0.1) is 12.2 Å². The number of anilines is 1. The van der Waals surface area contributed by atoms with Crippen molar-refractivity contribution in [2.24, 2.45) is 0 Å². The SMILES string of the molecule is CCCCCCCCC(CCCCCCCC)c1ccc(C(=O)OCC)cc1N. The van der Waals surface area contributed by atoms with E-state index >= 15 is 0 Å². The highest BCUT2D eigenvalue weighted by molar-refractivity contribution is 5.90. The molecule has 0 aliphatic carbocycles. The third-order valence-corrected chi connectivity index (χ3v) is 5.85. The minimum absolute atomic E-state index is 0.283. The van der Waals surface area contributed by atoms with Crippen LogP contribution in [-0.4, -0.2) is 12.6 Å². The highest BCUT2D eigenvalue weighted by atomic mass is 16.5. The fourth-order valence-electron chi connectivity index (χ4n) is 4.09. The molecule has 0 aromatic heterocycles. The van der Waals surface area contributed by atoms with Gasteiger partial charge < -0.3 is 10.5 Å². The first-order valence-electron chi connectivity index (χ1n) is 12.2. The van der Waals surface area contributed by atoms with E-state index < -0.39 is 0 Å². The summed E-state index contributed by atoms with van der Waals surface area (Å²) < 4.78 is 5.11. The number of nitrogens with two attached hydrogens (primary N) is 1. The molecule has 0 bridgehead atoms. The van der Waals surface area contributed by atoms with Gasteiger partial charge in [-0.15, -0.1) is 0 Å². The Morgan fingerprint density at radius 1 is 0.828 bits per heavy atom. The number of carbonyl (C=O) groups excluding carboxylic acids is 1. The molecular formula is C26H45NO2. The summed E-state index contributed by atoms with van der Waals surface area (Å²) in [7, 11) is 0. The topological polar surface area (TPSA) is 52.3 Å². The van der Waals surface area contributed by atoms with Crippen molar-refractivity contribution in [1.82, 2.24) is 0 Å². The van der Waals surface area contributed by atoms with E-state index in [1.165, 1.54) is 95.5 Å². The fourth-order valence-corrected chi connectivity index (χ4v) is 4.09. The lowest BCUT2D eigenvalue weighted by atomic mass is 9.86. The highest BCUT2D eigenvalue weighted by Gasteiger charge is 2.16. The molecule has 1 aromatic rings. The van der Waals surface area contributed by atoms with Crippen LogP contribution in [0.25, 0.3) is 0 Å². The Morgan fingerprint density at radius 2 is 1.34 bits per heavy atom. The molecule has 3 nitrogen and oxygen atoms in total. The first kappa shape index (κ1) is 25.5. The molecule has 0 saturated heterocycles. The van der Waals surface area contributed by atoms with E-state index in [0.717, 1.165) is 5.69 Å². The zero-order chi connectivity index (χ0) is 21.3. The van der Waals surface area contributed by atoms with Gasteiger partial charge in [-0.25, -0.2) is 4.79 Å². The van der Waals surface area contributed by atoms with Crippen LogP contribution in [0.2, 0.25) is 0 Å². The minimum Gasteiger partial charge on any atom is -0.462 e. The molecule has 2 N–H and O–H groups in total. The van der Waals surface area contributed by atoms with E-state index in [2.05, 4.69) is 19.9 Å². The standard InChI is InChI=1S/C26H45NO2/c1-4-7-9-11-13-15-17-22(18-16-14-12-10-8-5-2)24-20-19-23(21-25(24)27)26(28)29-6-3/h19-22H,4-18,27H2,1-3H3. The van der Waals surface area contributed by atoms with Crippen molar-refractivity contribution < 1.29 is 9.53 Å². The van der Waals surface area contributed by atoms with Crippen molar-refractivity contribution in [1.29, 1.82) is 0 Å². The summed E-state index contributed by atoms with van der Waals surface area (Å²) in [5.74, 6) is 0.220. The lowest BCUT2D eigenvalue weighted by molar-refractivity contribution is 0.0526. The van der Waals surface area contributed by atoms with Crippen molar-refractivity contribution in [3.63, 3.8) is 0 Å². The van der Waals surface area contributed by atoms with Crippen LogP contribution in [0.4, 0.5) is 5.69 Å². The molecular weight excluding hydrogens is 358 g/mol. The summed E-state index contributed by atoms with van der Waals surface area (Å²) in [6.07, 6.45) is 18.2. The van der Waals surface area contributed by atoms with Gasteiger partial charge in [0.25, 0.3) is 0 Å². The largest absolute Gasteiger partial charge is 0.462 e. The number of benzene rings is 1. The van der Waals surface area contributed by atoms with Gasteiger partial charge in [-0.05, 0) is 43.4 Å². The third kappa shape index (κ3) is 10.7. The second-order valence-corrected chi connectivity index (χ2v) is 8.37. The molecule has 29 heavy (non-hydrogen) atoms. The van der Waals surface area contributed by atoms with Gasteiger partial charge in [-0.1, -0.05) is 97.0 Å². The normalized spacial score (nSPS) is 11.2.